The van der Waals surface area contributed by atoms with E-state index in [9.17, 15) is 0 Å². The van der Waals surface area contributed by atoms with E-state index in [0.717, 1.165) is 23.2 Å². The molecule has 0 aliphatic heterocycles. The summed E-state index contributed by atoms with van der Waals surface area (Å²) in [5.41, 5.74) is 7.98. The second kappa shape index (κ2) is 13.8. The van der Waals surface area contributed by atoms with Gasteiger partial charge in [0.15, 0.2) is 0 Å². The number of allylic oxidation sites excluding steroid dienone is 3. The Morgan fingerprint density at radius 1 is 0.654 bits per heavy atom. The van der Waals surface area contributed by atoms with E-state index in [4.69, 9.17) is 5.32 Å². The van der Waals surface area contributed by atoms with Crippen LogP contribution in [-0.4, -0.2) is 6.04 Å². The minimum absolute atomic E-state index is 0.0159. The summed E-state index contributed by atoms with van der Waals surface area (Å²) in [5, 5.41) is 17.2. The third-order valence-electron chi connectivity index (χ3n) is 10.4. The van der Waals surface area contributed by atoms with Crippen LogP contribution in [0.4, 0.5) is 5.69 Å². The highest BCUT2D eigenvalue weighted by Crippen LogP contribution is 2.42. The van der Waals surface area contributed by atoms with Gasteiger partial charge in [0.05, 0.1) is 0 Å². The molecule has 1 heterocycles. The fraction of sp³-hybridized carbons (Fsp3) is 0.102. The van der Waals surface area contributed by atoms with E-state index >= 15 is 0 Å². The maximum Gasteiger partial charge on any atom is 0.0362 e. The first-order valence-corrected chi connectivity index (χ1v) is 18.9. The van der Waals surface area contributed by atoms with Crippen molar-refractivity contribution in [2.24, 2.45) is 5.92 Å². The monoisotopic (exact) mass is 687 g/mol. The van der Waals surface area contributed by atoms with Crippen molar-refractivity contribution < 1.29 is 0 Å². The molecule has 0 amide bonds. The number of nitrogens with one attached hydrogen (secondary N) is 1. The Balaban J connectivity index is 1.07. The van der Waals surface area contributed by atoms with E-state index in [1.807, 2.05) is 11.3 Å². The Hall–Kier alpha value is -5.74. The number of hydrogen-bond donors (Lipinski definition) is 1. The molecule has 0 saturated carbocycles. The molecule has 3 heteroatoms. The van der Waals surface area contributed by atoms with Crippen LogP contribution in [0.15, 0.2) is 182 Å². The summed E-state index contributed by atoms with van der Waals surface area (Å²) in [6.07, 6.45) is 9.46. The molecule has 9 rings (SSSR count). The largest absolute Gasteiger partial charge is 0.632 e. The molecule has 0 saturated heterocycles. The lowest BCUT2D eigenvalue weighted by Crippen LogP contribution is -2.24. The lowest BCUT2D eigenvalue weighted by molar-refractivity contribution is 0.575. The van der Waals surface area contributed by atoms with Gasteiger partial charge in [-0.15, -0.1) is 24.0 Å². The molecule has 3 unspecified atom stereocenters. The van der Waals surface area contributed by atoms with Gasteiger partial charge in [-0.25, -0.2) is 0 Å². The van der Waals surface area contributed by atoms with Crippen LogP contribution in [-0.2, 0) is 0 Å². The summed E-state index contributed by atoms with van der Waals surface area (Å²) in [6, 6.07) is 52.9. The lowest BCUT2D eigenvalue weighted by Gasteiger charge is -2.45. The van der Waals surface area contributed by atoms with Crippen LogP contribution in [0.1, 0.15) is 25.1 Å². The van der Waals surface area contributed by atoms with Crippen LogP contribution in [0.25, 0.3) is 69.3 Å². The van der Waals surface area contributed by atoms with Crippen LogP contribution >= 0.6 is 11.3 Å². The molecule has 2 nitrogen and oxygen atoms in total. The van der Waals surface area contributed by atoms with Gasteiger partial charge in [-0.3, -0.25) is 0 Å². The van der Waals surface area contributed by atoms with Crippen LogP contribution in [0.2, 0.25) is 0 Å². The molecule has 0 fully saturated rings. The Labute approximate surface area is 309 Å². The maximum absolute atomic E-state index is 5.49. The first-order valence-electron chi connectivity index (χ1n) is 18.1. The fourth-order valence-corrected chi connectivity index (χ4v) is 8.90. The zero-order chi connectivity index (χ0) is 35.0. The van der Waals surface area contributed by atoms with Gasteiger partial charge < -0.3 is 10.6 Å². The van der Waals surface area contributed by atoms with Gasteiger partial charge in [0.25, 0.3) is 0 Å². The van der Waals surface area contributed by atoms with Gasteiger partial charge >= 0.3 is 0 Å². The summed E-state index contributed by atoms with van der Waals surface area (Å²) in [7, 11) is 0. The molecule has 0 bridgehead atoms. The predicted molar refractivity (Wildman–Crippen MR) is 226 cm³/mol. The van der Waals surface area contributed by atoms with E-state index in [0.29, 0.717) is 0 Å². The van der Waals surface area contributed by atoms with Crippen molar-refractivity contribution in [1.29, 1.82) is 0 Å². The molecule has 1 aromatic heterocycles. The molecule has 0 spiro atoms. The molecule has 7 aromatic carbocycles. The predicted octanol–water partition coefficient (Wildman–Crippen LogP) is 14.3. The number of nitrogens with zero attached hydrogens (tertiary/aromatic N) is 1. The minimum Gasteiger partial charge on any atom is -0.632 e. The third-order valence-corrected chi connectivity index (χ3v) is 11.5. The standard InChI is InChI=1S/C49H39N2S/c1-32(2)48(36-14-7-4-8-15-36)51-49(37-23-20-34(21-24-37)33-12-5-3-6-13-33)50-41-17-11-16-38(31-41)39-26-28-42-40(30-39)25-22-35-27-29-45-47(46(35)42)43-18-9-10-19-44(43)52-45/h3-14,16-31,36,48-50H,1,15H2,2H3/q-1. The van der Waals surface area contributed by atoms with Crippen molar-refractivity contribution in [1.82, 2.24) is 0 Å². The number of fused-ring (bicyclic) bond motifs is 7. The summed E-state index contributed by atoms with van der Waals surface area (Å²) >= 11 is 1.88. The average molecular weight is 688 g/mol. The maximum atomic E-state index is 5.49. The van der Waals surface area contributed by atoms with Crippen LogP contribution in [0, 0.1) is 5.92 Å². The molecule has 8 aromatic rings. The first kappa shape index (κ1) is 32.2. The second-order valence-electron chi connectivity index (χ2n) is 13.9. The quantitative estimate of drug-likeness (QED) is 0.119. The van der Waals surface area contributed by atoms with Crippen molar-refractivity contribution in [2.45, 2.75) is 25.6 Å². The van der Waals surface area contributed by atoms with Gasteiger partial charge in [-0.2, -0.15) is 0 Å². The van der Waals surface area contributed by atoms with Crippen molar-refractivity contribution in [3.8, 4) is 22.3 Å². The number of anilines is 1. The average Bonchev–Trinajstić information content (AvgIpc) is 3.59. The van der Waals surface area contributed by atoms with Crippen LogP contribution in [0.3, 0.4) is 0 Å². The van der Waals surface area contributed by atoms with Crippen LogP contribution < -0.4 is 5.32 Å². The fourth-order valence-electron chi connectivity index (χ4n) is 7.79. The Kier molecular flexibility index (Phi) is 8.52. The third kappa shape index (κ3) is 6.13. The number of thiophene rings is 1. The molecule has 52 heavy (non-hydrogen) atoms. The highest BCUT2D eigenvalue weighted by Gasteiger charge is 2.17. The normalized spacial score (nSPS) is 15.4. The Bertz CT molecular complexity index is 2650. The van der Waals surface area contributed by atoms with Crippen molar-refractivity contribution in [3.63, 3.8) is 0 Å². The second-order valence-corrected chi connectivity index (χ2v) is 15.0. The van der Waals surface area contributed by atoms with Crippen molar-refractivity contribution in [3.05, 3.63) is 193 Å². The highest BCUT2D eigenvalue weighted by atomic mass is 32.1. The van der Waals surface area contributed by atoms with E-state index in [1.54, 1.807) is 0 Å². The number of benzene rings is 7. The summed E-state index contributed by atoms with van der Waals surface area (Å²) in [5.74, 6) is 0.281. The molecule has 1 N–H and O–H groups in total. The van der Waals surface area contributed by atoms with Gasteiger partial charge in [0.1, 0.15) is 0 Å². The van der Waals surface area contributed by atoms with Crippen molar-refractivity contribution >= 4 is 58.7 Å². The molecular weight excluding hydrogens is 649 g/mol. The molecular formula is C49H39N2S-. The molecule has 1 aliphatic carbocycles. The summed E-state index contributed by atoms with van der Waals surface area (Å²) in [4.78, 5) is 0. The van der Waals surface area contributed by atoms with Crippen molar-refractivity contribution in [2.75, 3.05) is 5.32 Å². The Morgan fingerprint density at radius 3 is 2.21 bits per heavy atom. The summed E-state index contributed by atoms with van der Waals surface area (Å²) in [6.45, 7) is 6.49. The molecule has 0 radical (unpaired) electrons. The van der Waals surface area contributed by atoms with E-state index in [1.165, 1.54) is 64.0 Å². The zero-order valence-corrected chi connectivity index (χ0v) is 30.0. The van der Waals surface area contributed by atoms with E-state index in [2.05, 4.69) is 189 Å². The Morgan fingerprint density at radius 2 is 1.38 bits per heavy atom. The SMILES string of the molecule is C=C(C)C([N-]C(Nc1cccc(-c2ccc3c(ccc4ccc5sc6ccccc6c5c43)c2)c1)c1ccc(-c2ccccc2)cc1)C1C=CC=CC1. The molecule has 1 aliphatic rings. The minimum atomic E-state index is -0.258. The smallest absolute Gasteiger partial charge is 0.0362 e. The van der Waals surface area contributed by atoms with Gasteiger partial charge in [-0.1, -0.05) is 145 Å². The molecule has 252 valence electrons. The topological polar surface area (TPSA) is 26.1 Å². The molecule has 3 atom stereocenters. The van der Waals surface area contributed by atoms with E-state index < -0.39 is 0 Å². The number of hydrogen-bond acceptors (Lipinski definition) is 2. The van der Waals surface area contributed by atoms with Gasteiger partial charge in [0.2, 0.25) is 0 Å². The summed E-state index contributed by atoms with van der Waals surface area (Å²) < 4.78 is 2.67. The van der Waals surface area contributed by atoms with Gasteiger partial charge in [0, 0.05) is 25.9 Å². The van der Waals surface area contributed by atoms with Gasteiger partial charge in [-0.05, 0) is 105 Å². The first-order chi connectivity index (χ1) is 25.6. The van der Waals surface area contributed by atoms with Crippen LogP contribution in [0.5, 0.6) is 0 Å². The number of rotatable bonds is 9. The highest BCUT2D eigenvalue weighted by molar-refractivity contribution is 7.26. The lowest BCUT2D eigenvalue weighted by atomic mass is 9.88. The van der Waals surface area contributed by atoms with E-state index in [-0.39, 0.29) is 18.1 Å². The zero-order valence-electron chi connectivity index (χ0n) is 29.2.